The van der Waals surface area contributed by atoms with Crippen LogP contribution in [0, 0.1) is 6.92 Å². The number of hydrogen-bond donors (Lipinski definition) is 0. The highest BCUT2D eigenvalue weighted by Crippen LogP contribution is 2.27. The Morgan fingerprint density at radius 2 is 2.24 bits per heavy atom. The van der Waals surface area contributed by atoms with Crippen molar-refractivity contribution >= 4 is 17.2 Å². The molecular formula is C16H21N3OS. The van der Waals surface area contributed by atoms with Crippen LogP contribution in [0.1, 0.15) is 30.3 Å². The molecule has 0 fully saturated rings. The van der Waals surface area contributed by atoms with E-state index in [2.05, 4.69) is 16.9 Å². The second kappa shape index (κ2) is 7.31. The second-order valence-corrected chi connectivity index (χ2v) is 6.20. The van der Waals surface area contributed by atoms with E-state index in [1.165, 1.54) is 0 Å². The first-order valence-corrected chi connectivity index (χ1v) is 8.04. The molecule has 2 rings (SSSR count). The van der Waals surface area contributed by atoms with Gasteiger partial charge in [-0.1, -0.05) is 13.3 Å². The standard InChI is InChI=1S/C16H21N3OS/c1-4-5-9-19(3)15(20)10-14-12(2)18-16(21-14)13-7-6-8-17-11-13/h6-8,11H,4-5,9-10H2,1-3H3. The Bertz CT molecular complexity index is 595. The molecule has 2 heterocycles. The summed E-state index contributed by atoms with van der Waals surface area (Å²) >= 11 is 1.58. The zero-order chi connectivity index (χ0) is 15.2. The number of nitrogens with zero attached hydrogens (tertiary/aromatic N) is 3. The molecule has 0 saturated carbocycles. The van der Waals surface area contributed by atoms with E-state index in [0.717, 1.165) is 40.5 Å². The maximum Gasteiger partial charge on any atom is 0.227 e. The summed E-state index contributed by atoms with van der Waals surface area (Å²) in [4.78, 5) is 23.7. The van der Waals surface area contributed by atoms with Crippen molar-refractivity contribution in [2.75, 3.05) is 13.6 Å². The topological polar surface area (TPSA) is 46.1 Å². The van der Waals surface area contributed by atoms with Gasteiger partial charge in [-0.05, 0) is 25.5 Å². The van der Waals surface area contributed by atoms with Crippen molar-refractivity contribution in [2.24, 2.45) is 0 Å². The average molecular weight is 303 g/mol. The lowest BCUT2D eigenvalue weighted by molar-refractivity contribution is -0.129. The monoisotopic (exact) mass is 303 g/mol. The minimum atomic E-state index is 0.160. The molecule has 0 spiro atoms. The van der Waals surface area contributed by atoms with Gasteiger partial charge >= 0.3 is 0 Å². The summed E-state index contributed by atoms with van der Waals surface area (Å²) in [6.45, 7) is 4.92. The van der Waals surface area contributed by atoms with Gasteiger partial charge in [0, 0.05) is 36.4 Å². The fraction of sp³-hybridized carbons (Fsp3) is 0.438. The molecule has 0 aliphatic heterocycles. The molecule has 2 aromatic rings. The van der Waals surface area contributed by atoms with E-state index in [0.29, 0.717) is 6.42 Å². The SMILES string of the molecule is CCCCN(C)C(=O)Cc1sc(-c2cccnc2)nc1C. The molecule has 5 heteroatoms. The molecule has 0 aliphatic rings. The second-order valence-electron chi connectivity index (χ2n) is 5.11. The average Bonchev–Trinajstić information content (AvgIpc) is 2.86. The predicted octanol–water partition coefficient (Wildman–Crippen LogP) is 3.31. The molecule has 0 N–H and O–H groups in total. The van der Waals surface area contributed by atoms with E-state index < -0.39 is 0 Å². The molecule has 0 aliphatic carbocycles. The van der Waals surface area contributed by atoms with E-state index in [9.17, 15) is 4.79 Å². The van der Waals surface area contributed by atoms with Crippen LogP contribution in [0.4, 0.5) is 0 Å². The minimum Gasteiger partial charge on any atom is -0.345 e. The van der Waals surface area contributed by atoms with Crippen LogP contribution in [0.3, 0.4) is 0 Å². The van der Waals surface area contributed by atoms with Crippen LogP contribution in [0.2, 0.25) is 0 Å². The molecule has 112 valence electrons. The van der Waals surface area contributed by atoms with Crippen LogP contribution in [-0.2, 0) is 11.2 Å². The zero-order valence-corrected chi connectivity index (χ0v) is 13.6. The van der Waals surface area contributed by atoms with E-state index in [1.54, 1.807) is 23.7 Å². The van der Waals surface area contributed by atoms with Crippen LogP contribution in [-0.4, -0.2) is 34.4 Å². The summed E-state index contributed by atoms with van der Waals surface area (Å²) < 4.78 is 0. The molecule has 0 bridgehead atoms. The van der Waals surface area contributed by atoms with Gasteiger partial charge in [0.25, 0.3) is 0 Å². The molecule has 0 atom stereocenters. The third-order valence-electron chi connectivity index (χ3n) is 3.39. The first-order chi connectivity index (χ1) is 10.1. The number of carbonyl (C=O) groups excluding carboxylic acids is 1. The first kappa shape index (κ1) is 15.6. The van der Waals surface area contributed by atoms with Crippen LogP contribution in [0.15, 0.2) is 24.5 Å². The van der Waals surface area contributed by atoms with Crippen molar-refractivity contribution in [3.05, 3.63) is 35.1 Å². The maximum absolute atomic E-state index is 12.2. The highest BCUT2D eigenvalue weighted by atomic mass is 32.1. The molecule has 2 aromatic heterocycles. The Kier molecular flexibility index (Phi) is 5.44. The highest BCUT2D eigenvalue weighted by molar-refractivity contribution is 7.15. The Hall–Kier alpha value is -1.75. The van der Waals surface area contributed by atoms with Gasteiger partial charge in [0.15, 0.2) is 0 Å². The zero-order valence-electron chi connectivity index (χ0n) is 12.8. The van der Waals surface area contributed by atoms with Crippen LogP contribution >= 0.6 is 11.3 Å². The first-order valence-electron chi connectivity index (χ1n) is 7.22. The van der Waals surface area contributed by atoms with Gasteiger partial charge in [-0.25, -0.2) is 4.98 Å². The lowest BCUT2D eigenvalue weighted by Crippen LogP contribution is -2.29. The Morgan fingerprint density at radius 1 is 1.43 bits per heavy atom. The molecule has 0 saturated heterocycles. The number of aryl methyl sites for hydroxylation is 1. The third-order valence-corrected chi connectivity index (χ3v) is 4.59. The number of hydrogen-bond acceptors (Lipinski definition) is 4. The van der Waals surface area contributed by atoms with Crippen molar-refractivity contribution in [2.45, 2.75) is 33.1 Å². The van der Waals surface area contributed by atoms with Crippen molar-refractivity contribution < 1.29 is 4.79 Å². The largest absolute Gasteiger partial charge is 0.345 e. The van der Waals surface area contributed by atoms with Gasteiger partial charge in [-0.2, -0.15) is 0 Å². The quantitative estimate of drug-likeness (QED) is 0.822. The van der Waals surface area contributed by atoms with Gasteiger partial charge in [0.1, 0.15) is 5.01 Å². The summed E-state index contributed by atoms with van der Waals surface area (Å²) in [5, 5.41) is 0.930. The number of thiazole rings is 1. The number of aromatic nitrogens is 2. The van der Waals surface area contributed by atoms with Crippen molar-refractivity contribution in [3.63, 3.8) is 0 Å². The van der Waals surface area contributed by atoms with E-state index >= 15 is 0 Å². The number of pyridine rings is 1. The summed E-state index contributed by atoms with van der Waals surface area (Å²) in [5.41, 5.74) is 1.94. The number of carbonyl (C=O) groups is 1. The summed E-state index contributed by atoms with van der Waals surface area (Å²) in [6.07, 6.45) is 6.13. The fourth-order valence-corrected chi connectivity index (χ4v) is 3.04. The smallest absolute Gasteiger partial charge is 0.227 e. The molecule has 21 heavy (non-hydrogen) atoms. The number of likely N-dealkylation sites (N-methyl/N-ethyl adjacent to an activating group) is 1. The predicted molar refractivity (Wildman–Crippen MR) is 86.3 cm³/mol. The van der Waals surface area contributed by atoms with Gasteiger partial charge in [-0.15, -0.1) is 11.3 Å². The van der Waals surface area contributed by atoms with Crippen LogP contribution in [0.5, 0.6) is 0 Å². The maximum atomic E-state index is 12.2. The number of unbranched alkanes of at least 4 members (excludes halogenated alkanes) is 1. The Balaban J connectivity index is 2.08. The van der Waals surface area contributed by atoms with Gasteiger partial charge in [0.05, 0.1) is 12.1 Å². The van der Waals surface area contributed by atoms with Crippen molar-refractivity contribution in [3.8, 4) is 10.6 Å². The molecular weight excluding hydrogens is 282 g/mol. The Morgan fingerprint density at radius 3 is 2.90 bits per heavy atom. The van der Waals surface area contributed by atoms with Gasteiger partial charge in [-0.3, -0.25) is 9.78 Å². The van der Waals surface area contributed by atoms with Gasteiger partial charge < -0.3 is 4.90 Å². The van der Waals surface area contributed by atoms with E-state index in [4.69, 9.17) is 0 Å². The Labute approximate surface area is 129 Å². The normalized spacial score (nSPS) is 10.6. The van der Waals surface area contributed by atoms with Crippen molar-refractivity contribution in [1.82, 2.24) is 14.9 Å². The fourth-order valence-electron chi connectivity index (χ4n) is 2.00. The summed E-state index contributed by atoms with van der Waals surface area (Å²) in [5.74, 6) is 0.160. The molecule has 4 nitrogen and oxygen atoms in total. The van der Waals surface area contributed by atoms with Crippen LogP contribution < -0.4 is 0 Å². The molecule has 0 unspecified atom stereocenters. The minimum absolute atomic E-state index is 0.160. The lowest BCUT2D eigenvalue weighted by atomic mass is 10.2. The third kappa shape index (κ3) is 4.11. The summed E-state index contributed by atoms with van der Waals surface area (Å²) in [7, 11) is 1.87. The molecule has 1 amide bonds. The lowest BCUT2D eigenvalue weighted by Gasteiger charge is -2.16. The molecule has 0 radical (unpaired) electrons. The number of amides is 1. The van der Waals surface area contributed by atoms with Crippen molar-refractivity contribution in [1.29, 1.82) is 0 Å². The van der Waals surface area contributed by atoms with E-state index in [1.807, 2.05) is 31.0 Å². The summed E-state index contributed by atoms with van der Waals surface area (Å²) in [6, 6.07) is 3.89. The van der Waals surface area contributed by atoms with Gasteiger partial charge in [0.2, 0.25) is 5.91 Å². The van der Waals surface area contributed by atoms with E-state index in [-0.39, 0.29) is 5.91 Å². The number of rotatable bonds is 6. The van der Waals surface area contributed by atoms with Crippen LogP contribution in [0.25, 0.3) is 10.6 Å². The molecule has 0 aromatic carbocycles. The highest BCUT2D eigenvalue weighted by Gasteiger charge is 2.15.